The van der Waals surface area contributed by atoms with Gasteiger partial charge in [0.15, 0.2) is 5.75 Å². The lowest BCUT2D eigenvalue weighted by Gasteiger charge is -2.20. The quantitative estimate of drug-likeness (QED) is 0.691. The van der Waals surface area contributed by atoms with E-state index in [9.17, 15) is 9.59 Å². The van der Waals surface area contributed by atoms with Crippen molar-refractivity contribution in [2.45, 2.75) is 6.92 Å². The molecule has 1 N–H and O–H groups in total. The van der Waals surface area contributed by atoms with Gasteiger partial charge in [-0.1, -0.05) is 36.4 Å². The van der Waals surface area contributed by atoms with Crippen molar-refractivity contribution in [3.8, 4) is 5.75 Å². The maximum atomic E-state index is 12.1. The summed E-state index contributed by atoms with van der Waals surface area (Å²) in [4.78, 5) is 30.4. The van der Waals surface area contributed by atoms with E-state index < -0.39 is 11.8 Å². The highest BCUT2D eigenvalue weighted by molar-refractivity contribution is 6.40. The highest BCUT2D eigenvalue weighted by Crippen LogP contribution is 2.13. The molecule has 0 radical (unpaired) electrons. The van der Waals surface area contributed by atoms with E-state index in [1.54, 1.807) is 43.3 Å². The van der Waals surface area contributed by atoms with Crippen molar-refractivity contribution >= 4 is 17.5 Å². The van der Waals surface area contributed by atoms with Crippen LogP contribution < -0.4 is 15.2 Å². The minimum Gasteiger partial charge on any atom is -0.379 e. The molecule has 0 bridgehead atoms. The van der Waals surface area contributed by atoms with Crippen LogP contribution in [0.5, 0.6) is 5.75 Å². The fraction of sp³-hybridized carbons (Fsp3) is 0.125. The Labute approximate surface area is 123 Å². The van der Waals surface area contributed by atoms with Crippen LogP contribution in [-0.4, -0.2) is 18.4 Å². The number of rotatable bonds is 4. The molecule has 0 saturated carbocycles. The van der Waals surface area contributed by atoms with Crippen LogP contribution in [0.2, 0.25) is 0 Å². The molecule has 0 unspecified atom stereocenters. The average Bonchev–Trinajstić information content (AvgIpc) is 2.55. The van der Waals surface area contributed by atoms with Crippen molar-refractivity contribution in [2.24, 2.45) is 0 Å². The molecule has 2 aromatic rings. The Morgan fingerprint density at radius 2 is 1.57 bits per heavy atom. The summed E-state index contributed by atoms with van der Waals surface area (Å²) in [6, 6.07) is 17.7. The highest BCUT2D eigenvalue weighted by atomic mass is 16.7. The van der Waals surface area contributed by atoms with Crippen molar-refractivity contribution in [2.75, 3.05) is 11.4 Å². The topological polar surface area (TPSA) is 58.6 Å². The Morgan fingerprint density at radius 1 is 1.00 bits per heavy atom. The zero-order chi connectivity index (χ0) is 15.1. The number of likely N-dealkylation sites (N-methyl/N-ethyl adjacent to an activating group) is 1. The predicted octanol–water partition coefficient (Wildman–Crippen LogP) is 2.15. The number of amides is 2. The lowest BCUT2D eigenvalue weighted by Crippen LogP contribution is -2.44. The Morgan fingerprint density at radius 3 is 2.14 bits per heavy atom. The van der Waals surface area contributed by atoms with Crippen molar-refractivity contribution in [3.05, 3.63) is 60.7 Å². The molecule has 0 aliphatic carbocycles. The summed E-state index contributed by atoms with van der Waals surface area (Å²) in [7, 11) is 0. The lowest BCUT2D eigenvalue weighted by atomic mass is 10.3. The van der Waals surface area contributed by atoms with E-state index in [4.69, 9.17) is 4.84 Å². The molecule has 0 fully saturated rings. The van der Waals surface area contributed by atoms with E-state index >= 15 is 0 Å². The van der Waals surface area contributed by atoms with Gasteiger partial charge in [0.2, 0.25) is 0 Å². The van der Waals surface area contributed by atoms with E-state index in [1.165, 1.54) is 4.90 Å². The largest absolute Gasteiger partial charge is 0.379 e. The third kappa shape index (κ3) is 3.82. The van der Waals surface area contributed by atoms with Crippen LogP contribution in [0.4, 0.5) is 5.69 Å². The lowest BCUT2D eigenvalue weighted by molar-refractivity contribution is -0.141. The molecule has 5 heteroatoms. The molecule has 0 aliphatic rings. The molecule has 5 nitrogen and oxygen atoms in total. The standard InChI is InChI=1S/C16H16N2O3/c1-2-18(13-9-5-3-6-10-13)16(20)15(19)17-21-14-11-7-4-8-12-14/h3-12H,2H2,1H3,(H,17,19). The van der Waals surface area contributed by atoms with Gasteiger partial charge in [0, 0.05) is 12.2 Å². The van der Waals surface area contributed by atoms with E-state index in [1.807, 2.05) is 24.3 Å². The van der Waals surface area contributed by atoms with E-state index in [-0.39, 0.29) is 0 Å². The third-order valence-corrected chi connectivity index (χ3v) is 2.83. The van der Waals surface area contributed by atoms with Gasteiger partial charge in [-0.2, -0.15) is 5.48 Å². The van der Waals surface area contributed by atoms with Crippen LogP contribution in [0.1, 0.15) is 6.92 Å². The van der Waals surface area contributed by atoms with Gasteiger partial charge in [-0.3, -0.25) is 9.59 Å². The first-order chi connectivity index (χ1) is 10.2. The number of hydroxylamine groups is 1. The summed E-state index contributed by atoms with van der Waals surface area (Å²) in [5.74, 6) is -1.02. The zero-order valence-electron chi connectivity index (χ0n) is 11.7. The fourth-order valence-electron chi connectivity index (χ4n) is 1.81. The highest BCUT2D eigenvalue weighted by Gasteiger charge is 2.22. The molecule has 2 amide bonds. The molecule has 0 spiro atoms. The van der Waals surface area contributed by atoms with Gasteiger partial charge in [-0.25, -0.2) is 0 Å². The van der Waals surface area contributed by atoms with E-state index in [0.717, 1.165) is 0 Å². The minimum atomic E-state index is -0.815. The number of hydrogen-bond donors (Lipinski definition) is 1. The van der Waals surface area contributed by atoms with Gasteiger partial charge >= 0.3 is 11.8 Å². The van der Waals surface area contributed by atoms with Crippen LogP contribution in [0.3, 0.4) is 0 Å². The smallest absolute Gasteiger partial charge is 0.342 e. The number of carbonyl (C=O) groups is 2. The van der Waals surface area contributed by atoms with E-state index in [2.05, 4.69) is 5.48 Å². The Balaban J connectivity index is 1.99. The molecule has 0 aromatic heterocycles. The van der Waals surface area contributed by atoms with Crippen molar-refractivity contribution < 1.29 is 14.4 Å². The molecule has 0 atom stereocenters. The summed E-state index contributed by atoms with van der Waals surface area (Å²) in [5.41, 5.74) is 2.82. The molecule has 0 heterocycles. The van der Waals surface area contributed by atoms with Gasteiger partial charge in [-0.15, -0.1) is 0 Å². The first-order valence-corrected chi connectivity index (χ1v) is 6.61. The van der Waals surface area contributed by atoms with Gasteiger partial charge in [0.1, 0.15) is 0 Å². The van der Waals surface area contributed by atoms with Gasteiger partial charge < -0.3 is 9.74 Å². The van der Waals surface area contributed by atoms with Crippen LogP contribution in [0, 0.1) is 0 Å². The molecule has 0 aliphatic heterocycles. The summed E-state index contributed by atoms with van der Waals surface area (Å²) >= 11 is 0. The van der Waals surface area contributed by atoms with Gasteiger partial charge in [0.05, 0.1) is 0 Å². The number of nitrogens with zero attached hydrogens (tertiary/aromatic N) is 1. The van der Waals surface area contributed by atoms with Crippen LogP contribution in [-0.2, 0) is 9.59 Å². The monoisotopic (exact) mass is 284 g/mol. The van der Waals surface area contributed by atoms with Gasteiger partial charge in [0.25, 0.3) is 0 Å². The molecule has 108 valence electrons. The summed E-state index contributed by atoms with van der Waals surface area (Å²) in [5, 5.41) is 0. The maximum Gasteiger partial charge on any atom is 0.342 e. The first-order valence-electron chi connectivity index (χ1n) is 6.61. The minimum absolute atomic E-state index is 0.390. The summed E-state index contributed by atoms with van der Waals surface area (Å²) in [6.45, 7) is 2.19. The predicted molar refractivity (Wildman–Crippen MR) is 79.7 cm³/mol. The maximum absolute atomic E-state index is 12.1. The van der Waals surface area contributed by atoms with E-state index in [0.29, 0.717) is 18.0 Å². The van der Waals surface area contributed by atoms with Crippen molar-refractivity contribution in [1.82, 2.24) is 5.48 Å². The van der Waals surface area contributed by atoms with Gasteiger partial charge in [-0.05, 0) is 31.2 Å². The summed E-state index contributed by atoms with van der Waals surface area (Å²) < 4.78 is 0. The van der Waals surface area contributed by atoms with Crippen LogP contribution in [0.15, 0.2) is 60.7 Å². The molecular weight excluding hydrogens is 268 g/mol. The third-order valence-electron chi connectivity index (χ3n) is 2.83. The zero-order valence-corrected chi connectivity index (χ0v) is 11.7. The summed E-state index contributed by atoms with van der Waals surface area (Å²) in [6.07, 6.45) is 0. The van der Waals surface area contributed by atoms with Crippen molar-refractivity contribution in [3.63, 3.8) is 0 Å². The Kier molecular flexibility index (Phi) is 4.93. The molecule has 21 heavy (non-hydrogen) atoms. The second kappa shape index (κ2) is 7.09. The SMILES string of the molecule is CCN(C(=O)C(=O)NOc1ccccc1)c1ccccc1. The number of hydrogen-bond acceptors (Lipinski definition) is 3. The number of benzene rings is 2. The molecular formula is C16H16N2O3. The Bertz CT molecular complexity index is 599. The number of anilines is 1. The number of nitrogens with one attached hydrogen (secondary N) is 1. The second-order valence-corrected chi connectivity index (χ2v) is 4.23. The second-order valence-electron chi connectivity index (χ2n) is 4.23. The first kappa shape index (κ1) is 14.6. The average molecular weight is 284 g/mol. The Hall–Kier alpha value is -2.82. The number of para-hydroxylation sites is 2. The van der Waals surface area contributed by atoms with Crippen LogP contribution >= 0.6 is 0 Å². The fourth-order valence-corrected chi connectivity index (χ4v) is 1.81. The molecule has 2 rings (SSSR count). The molecule has 2 aromatic carbocycles. The van der Waals surface area contributed by atoms with Crippen LogP contribution in [0.25, 0.3) is 0 Å². The molecule has 0 saturated heterocycles. The number of carbonyl (C=O) groups excluding carboxylic acids is 2. The van der Waals surface area contributed by atoms with Crippen molar-refractivity contribution in [1.29, 1.82) is 0 Å². The normalized spacial score (nSPS) is 9.76.